The second kappa shape index (κ2) is 7.85. The van der Waals surface area contributed by atoms with Crippen LogP contribution in [0.4, 0.5) is 5.69 Å². The van der Waals surface area contributed by atoms with Crippen LogP contribution < -0.4 is 20.1 Å². The maximum atomic E-state index is 11.4. The molecule has 3 rings (SSSR count). The first kappa shape index (κ1) is 17.0. The fourth-order valence-electron chi connectivity index (χ4n) is 2.72. The van der Waals surface area contributed by atoms with Gasteiger partial charge in [0.25, 0.3) is 5.91 Å². The molecule has 2 N–H and O–H groups in total. The van der Waals surface area contributed by atoms with Crippen molar-refractivity contribution in [2.75, 3.05) is 25.6 Å². The van der Waals surface area contributed by atoms with Gasteiger partial charge in [-0.15, -0.1) is 0 Å². The summed E-state index contributed by atoms with van der Waals surface area (Å²) in [4.78, 5) is 11.4. The smallest absolute Gasteiger partial charge is 0.262 e. The first-order chi connectivity index (χ1) is 12.2. The summed E-state index contributed by atoms with van der Waals surface area (Å²) in [7, 11) is 1.67. The first-order valence-corrected chi connectivity index (χ1v) is 8.27. The Morgan fingerprint density at radius 2 is 2.16 bits per heavy atom. The zero-order valence-electron chi connectivity index (χ0n) is 14.4. The average Bonchev–Trinajstić information content (AvgIpc) is 2.64. The topological polar surface area (TPSA) is 59.6 Å². The fraction of sp³-hybridized carbons (Fsp3) is 0.250. The standard InChI is InChI=1S/C20H22N2O3/c1-14(16-9-10-19-17(12-16)22-20(23)13-25-19)21-11-5-7-15-6-3-4-8-18(15)24-2/h3-10,12,14,21H,11,13H2,1-2H3,(H,22,23)/b7-5+/t14-/m1/s1. The van der Waals surface area contributed by atoms with Gasteiger partial charge in [-0.2, -0.15) is 0 Å². The molecule has 0 saturated carbocycles. The molecule has 130 valence electrons. The molecule has 0 saturated heterocycles. The molecule has 1 aliphatic rings. The lowest BCUT2D eigenvalue weighted by Crippen LogP contribution is -2.26. The molecule has 0 spiro atoms. The minimum atomic E-state index is -0.120. The Morgan fingerprint density at radius 3 is 3.00 bits per heavy atom. The first-order valence-electron chi connectivity index (χ1n) is 8.27. The number of anilines is 1. The molecule has 1 atom stereocenters. The summed E-state index contributed by atoms with van der Waals surface area (Å²) in [6, 6.07) is 13.9. The number of fused-ring (bicyclic) bond motifs is 1. The van der Waals surface area contributed by atoms with Crippen molar-refractivity contribution >= 4 is 17.7 Å². The molecular weight excluding hydrogens is 316 g/mol. The highest BCUT2D eigenvalue weighted by Crippen LogP contribution is 2.30. The Balaban J connectivity index is 1.59. The lowest BCUT2D eigenvalue weighted by Gasteiger charge is -2.20. The van der Waals surface area contributed by atoms with Crippen LogP contribution in [0, 0.1) is 0 Å². The number of amides is 1. The van der Waals surface area contributed by atoms with Crippen LogP contribution in [0.5, 0.6) is 11.5 Å². The number of nitrogens with one attached hydrogen (secondary N) is 2. The van der Waals surface area contributed by atoms with Gasteiger partial charge in [-0.3, -0.25) is 4.79 Å². The van der Waals surface area contributed by atoms with Crippen LogP contribution in [0.1, 0.15) is 24.1 Å². The van der Waals surface area contributed by atoms with Crippen LogP contribution in [-0.2, 0) is 4.79 Å². The molecule has 1 amide bonds. The Kier molecular flexibility index (Phi) is 5.36. The molecular formula is C20H22N2O3. The van der Waals surface area contributed by atoms with Crippen molar-refractivity contribution in [2.24, 2.45) is 0 Å². The minimum absolute atomic E-state index is 0.0773. The van der Waals surface area contributed by atoms with Crippen molar-refractivity contribution in [1.29, 1.82) is 0 Å². The largest absolute Gasteiger partial charge is 0.496 e. The predicted molar refractivity (Wildman–Crippen MR) is 99.0 cm³/mol. The predicted octanol–water partition coefficient (Wildman–Crippen LogP) is 3.39. The molecule has 0 unspecified atom stereocenters. The molecule has 1 aliphatic heterocycles. The van der Waals surface area contributed by atoms with Gasteiger partial charge in [0, 0.05) is 18.2 Å². The van der Waals surface area contributed by atoms with E-state index in [1.165, 1.54) is 0 Å². The molecule has 1 heterocycles. The van der Waals surface area contributed by atoms with Crippen molar-refractivity contribution < 1.29 is 14.3 Å². The summed E-state index contributed by atoms with van der Waals surface area (Å²) in [6.07, 6.45) is 4.11. The third-order valence-electron chi connectivity index (χ3n) is 4.11. The van der Waals surface area contributed by atoms with E-state index in [1.54, 1.807) is 7.11 Å². The van der Waals surface area contributed by atoms with Crippen LogP contribution in [-0.4, -0.2) is 26.2 Å². The Bertz CT molecular complexity index is 786. The van der Waals surface area contributed by atoms with Crippen LogP contribution in [0.3, 0.4) is 0 Å². The molecule has 2 aromatic rings. The van der Waals surface area contributed by atoms with E-state index in [0.717, 1.165) is 29.1 Å². The Labute approximate surface area is 147 Å². The summed E-state index contributed by atoms with van der Waals surface area (Å²) in [5.74, 6) is 1.45. The van der Waals surface area contributed by atoms with E-state index >= 15 is 0 Å². The van der Waals surface area contributed by atoms with Gasteiger partial charge in [0.2, 0.25) is 0 Å². The van der Waals surface area contributed by atoms with Crippen molar-refractivity contribution in [3.8, 4) is 11.5 Å². The lowest BCUT2D eigenvalue weighted by molar-refractivity contribution is -0.118. The number of carbonyl (C=O) groups is 1. The normalized spacial score (nSPS) is 14.6. The number of ether oxygens (including phenoxy) is 2. The molecule has 5 heteroatoms. The minimum Gasteiger partial charge on any atom is -0.496 e. The summed E-state index contributed by atoms with van der Waals surface area (Å²) in [5.41, 5.74) is 2.87. The monoisotopic (exact) mass is 338 g/mol. The highest BCUT2D eigenvalue weighted by atomic mass is 16.5. The highest BCUT2D eigenvalue weighted by Gasteiger charge is 2.17. The zero-order chi connectivity index (χ0) is 17.6. The van der Waals surface area contributed by atoms with E-state index in [0.29, 0.717) is 5.75 Å². The van der Waals surface area contributed by atoms with Crippen LogP contribution >= 0.6 is 0 Å². The molecule has 0 bridgehead atoms. The lowest BCUT2D eigenvalue weighted by atomic mass is 10.1. The Hall–Kier alpha value is -2.79. The number of carbonyl (C=O) groups excluding carboxylic acids is 1. The molecule has 0 aliphatic carbocycles. The molecule has 5 nitrogen and oxygen atoms in total. The van der Waals surface area contributed by atoms with E-state index in [1.807, 2.05) is 48.5 Å². The third kappa shape index (κ3) is 4.19. The molecule has 25 heavy (non-hydrogen) atoms. The maximum Gasteiger partial charge on any atom is 0.262 e. The molecule has 0 radical (unpaired) electrons. The van der Waals surface area contributed by atoms with Gasteiger partial charge < -0.3 is 20.1 Å². The molecule has 0 fully saturated rings. The van der Waals surface area contributed by atoms with E-state index in [4.69, 9.17) is 9.47 Å². The number of benzene rings is 2. The van der Waals surface area contributed by atoms with Gasteiger partial charge in [0.1, 0.15) is 11.5 Å². The average molecular weight is 338 g/mol. The summed E-state index contributed by atoms with van der Waals surface area (Å²) in [5, 5.41) is 6.28. The van der Waals surface area contributed by atoms with Crippen molar-refractivity contribution in [2.45, 2.75) is 13.0 Å². The van der Waals surface area contributed by atoms with Gasteiger partial charge >= 0.3 is 0 Å². The van der Waals surface area contributed by atoms with Crippen LogP contribution in [0.25, 0.3) is 6.08 Å². The van der Waals surface area contributed by atoms with E-state index in [-0.39, 0.29) is 18.6 Å². The number of rotatable bonds is 6. The third-order valence-corrected chi connectivity index (χ3v) is 4.11. The number of methoxy groups -OCH3 is 1. The zero-order valence-corrected chi connectivity index (χ0v) is 14.4. The van der Waals surface area contributed by atoms with Crippen molar-refractivity contribution in [1.82, 2.24) is 5.32 Å². The van der Waals surface area contributed by atoms with Crippen molar-refractivity contribution in [3.63, 3.8) is 0 Å². The highest BCUT2D eigenvalue weighted by molar-refractivity contribution is 5.95. The van der Waals surface area contributed by atoms with Crippen molar-refractivity contribution in [3.05, 3.63) is 59.7 Å². The second-order valence-electron chi connectivity index (χ2n) is 5.87. The number of hydrogen-bond donors (Lipinski definition) is 2. The summed E-state index contributed by atoms with van der Waals surface area (Å²) < 4.78 is 10.7. The van der Waals surface area contributed by atoms with E-state index < -0.39 is 0 Å². The van der Waals surface area contributed by atoms with Crippen LogP contribution in [0.15, 0.2) is 48.5 Å². The van der Waals surface area contributed by atoms with Crippen LogP contribution in [0.2, 0.25) is 0 Å². The number of para-hydroxylation sites is 1. The SMILES string of the molecule is COc1ccccc1/C=C/CN[C@H](C)c1ccc2c(c1)NC(=O)CO2. The van der Waals surface area contributed by atoms with Gasteiger partial charge in [0.05, 0.1) is 12.8 Å². The van der Waals surface area contributed by atoms with E-state index in [2.05, 4.69) is 23.6 Å². The summed E-state index contributed by atoms with van der Waals surface area (Å²) in [6.45, 7) is 2.89. The Morgan fingerprint density at radius 1 is 1.32 bits per heavy atom. The van der Waals surface area contributed by atoms with Gasteiger partial charge in [-0.05, 0) is 30.7 Å². The fourth-order valence-corrected chi connectivity index (χ4v) is 2.72. The van der Waals surface area contributed by atoms with E-state index in [9.17, 15) is 4.79 Å². The molecule has 0 aromatic heterocycles. The van der Waals surface area contributed by atoms with Gasteiger partial charge in [-0.1, -0.05) is 36.4 Å². The number of hydrogen-bond acceptors (Lipinski definition) is 4. The quantitative estimate of drug-likeness (QED) is 0.848. The van der Waals surface area contributed by atoms with Gasteiger partial charge in [0.15, 0.2) is 6.61 Å². The second-order valence-corrected chi connectivity index (χ2v) is 5.87. The summed E-state index contributed by atoms with van der Waals surface area (Å²) >= 11 is 0. The van der Waals surface area contributed by atoms with Gasteiger partial charge in [-0.25, -0.2) is 0 Å². The maximum absolute atomic E-state index is 11.4. The molecule has 2 aromatic carbocycles.